The standard InChI is InChI=1S/C29H34N2O4/c1-6-11-26(32)35-15-14-29(4,8-3)23-16-25-27-21(17-31(25)28(33)22(23)18-34-5)19(7-2)20-12-9-10-13-24(20)30-27/h9-10,12-16H,6-8,11,17-18H2,1-5H3. The SMILES string of the molecule is CCCC(=O)OC=CC(C)(CC)c1cc2n(c(=O)c1COC)Cc1c-2nc2ccccc2c1CC. The van der Waals surface area contributed by atoms with Gasteiger partial charge in [-0.15, -0.1) is 0 Å². The molecule has 1 aliphatic heterocycles. The summed E-state index contributed by atoms with van der Waals surface area (Å²) in [7, 11) is 1.60. The number of ether oxygens (including phenoxy) is 2. The van der Waals surface area contributed by atoms with Gasteiger partial charge >= 0.3 is 5.97 Å². The maximum Gasteiger partial charge on any atom is 0.310 e. The number of aromatic nitrogens is 2. The van der Waals surface area contributed by atoms with Crippen LogP contribution < -0.4 is 5.56 Å². The number of allylic oxidation sites excluding steroid dienone is 1. The summed E-state index contributed by atoms with van der Waals surface area (Å²) in [4.78, 5) is 30.7. The molecule has 0 saturated heterocycles. The lowest BCUT2D eigenvalue weighted by Gasteiger charge is -2.28. The van der Waals surface area contributed by atoms with Crippen LogP contribution in [0.1, 0.15) is 69.2 Å². The molecule has 2 aromatic heterocycles. The third kappa shape index (κ3) is 4.43. The normalized spacial score (nSPS) is 14.2. The highest BCUT2D eigenvalue weighted by molar-refractivity contribution is 5.88. The summed E-state index contributed by atoms with van der Waals surface area (Å²) in [6.07, 6.45) is 6.04. The van der Waals surface area contributed by atoms with Gasteiger partial charge in [0.2, 0.25) is 0 Å². The first-order valence-corrected chi connectivity index (χ1v) is 12.4. The van der Waals surface area contributed by atoms with Gasteiger partial charge in [0.15, 0.2) is 0 Å². The molecule has 6 heteroatoms. The number of para-hydroxylation sites is 1. The lowest BCUT2D eigenvalue weighted by Crippen LogP contribution is -2.30. The molecule has 0 aliphatic carbocycles. The average Bonchev–Trinajstić information content (AvgIpc) is 3.22. The first-order valence-electron chi connectivity index (χ1n) is 12.4. The molecule has 3 aromatic rings. The van der Waals surface area contributed by atoms with Gasteiger partial charge in [-0.2, -0.15) is 0 Å². The van der Waals surface area contributed by atoms with Crippen molar-refractivity contribution in [2.75, 3.05) is 7.11 Å². The fourth-order valence-electron chi connectivity index (χ4n) is 5.02. The van der Waals surface area contributed by atoms with Gasteiger partial charge in [-0.05, 0) is 48.6 Å². The Morgan fingerprint density at radius 3 is 2.66 bits per heavy atom. The fraction of sp³-hybridized carbons (Fsp3) is 0.414. The van der Waals surface area contributed by atoms with Crippen LogP contribution >= 0.6 is 0 Å². The molecule has 1 aromatic carbocycles. The smallest absolute Gasteiger partial charge is 0.310 e. The van der Waals surface area contributed by atoms with Crippen molar-refractivity contribution in [1.82, 2.24) is 9.55 Å². The number of fused-ring (bicyclic) bond motifs is 4. The van der Waals surface area contributed by atoms with E-state index in [0.717, 1.165) is 46.3 Å². The van der Waals surface area contributed by atoms with Crippen LogP contribution in [0, 0.1) is 0 Å². The molecule has 0 saturated carbocycles. The number of rotatable bonds is 9. The van der Waals surface area contributed by atoms with Gasteiger partial charge < -0.3 is 14.0 Å². The van der Waals surface area contributed by atoms with Gasteiger partial charge in [-0.3, -0.25) is 9.59 Å². The Morgan fingerprint density at radius 2 is 1.97 bits per heavy atom. The molecular weight excluding hydrogens is 440 g/mol. The van der Waals surface area contributed by atoms with Crippen LogP contribution in [0.15, 0.2) is 47.5 Å². The van der Waals surface area contributed by atoms with Gasteiger partial charge in [0.05, 0.1) is 36.3 Å². The zero-order valence-corrected chi connectivity index (χ0v) is 21.3. The van der Waals surface area contributed by atoms with Crippen LogP contribution in [0.3, 0.4) is 0 Å². The van der Waals surface area contributed by atoms with Gasteiger partial charge in [0, 0.05) is 35.5 Å². The van der Waals surface area contributed by atoms with E-state index in [9.17, 15) is 9.59 Å². The minimum Gasteiger partial charge on any atom is -0.435 e. The summed E-state index contributed by atoms with van der Waals surface area (Å²) in [6.45, 7) is 8.93. The lowest BCUT2D eigenvalue weighted by molar-refractivity contribution is -0.138. The zero-order chi connectivity index (χ0) is 25.2. The van der Waals surface area contributed by atoms with Gasteiger partial charge in [-0.1, -0.05) is 45.9 Å². The Hall–Kier alpha value is -3.25. The van der Waals surface area contributed by atoms with E-state index in [1.165, 1.54) is 11.8 Å². The molecule has 35 heavy (non-hydrogen) atoms. The molecule has 0 N–H and O–H groups in total. The molecule has 3 heterocycles. The van der Waals surface area contributed by atoms with Crippen LogP contribution in [-0.4, -0.2) is 22.6 Å². The number of carbonyl (C=O) groups excluding carboxylic acids is 1. The molecule has 1 aliphatic rings. The summed E-state index contributed by atoms with van der Waals surface area (Å²) in [6, 6.07) is 10.2. The van der Waals surface area contributed by atoms with Crippen molar-refractivity contribution in [3.05, 3.63) is 75.3 Å². The second-order valence-electron chi connectivity index (χ2n) is 9.35. The number of hydrogen-bond donors (Lipinski definition) is 0. The predicted molar refractivity (Wildman–Crippen MR) is 138 cm³/mol. The summed E-state index contributed by atoms with van der Waals surface area (Å²) in [5.74, 6) is -0.259. The van der Waals surface area contributed by atoms with Crippen molar-refractivity contribution in [3.8, 4) is 11.4 Å². The minimum absolute atomic E-state index is 0.0560. The van der Waals surface area contributed by atoms with Crippen molar-refractivity contribution >= 4 is 16.9 Å². The number of methoxy groups -OCH3 is 1. The van der Waals surface area contributed by atoms with Crippen LogP contribution in [0.25, 0.3) is 22.3 Å². The second-order valence-corrected chi connectivity index (χ2v) is 9.35. The monoisotopic (exact) mass is 474 g/mol. The van der Waals surface area contributed by atoms with E-state index in [0.29, 0.717) is 24.9 Å². The maximum absolute atomic E-state index is 13.8. The highest BCUT2D eigenvalue weighted by Crippen LogP contribution is 2.39. The minimum atomic E-state index is -0.526. The third-order valence-corrected chi connectivity index (χ3v) is 7.15. The van der Waals surface area contributed by atoms with Crippen molar-refractivity contribution in [1.29, 1.82) is 0 Å². The largest absolute Gasteiger partial charge is 0.435 e. The summed E-state index contributed by atoms with van der Waals surface area (Å²) < 4.78 is 12.6. The number of hydrogen-bond acceptors (Lipinski definition) is 5. The Morgan fingerprint density at radius 1 is 1.20 bits per heavy atom. The molecule has 0 fully saturated rings. The van der Waals surface area contributed by atoms with Crippen LogP contribution in [0.2, 0.25) is 0 Å². The lowest BCUT2D eigenvalue weighted by atomic mass is 9.78. The molecule has 1 unspecified atom stereocenters. The van der Waals surface area contributed by atoms with Crippen LogP contribution in [-0.2, 0) is 39.3 Å². The number of pyridine rings is 2. The molecular formula is C29H34N2O4. The van der Waals surface area contributed by atoms with E-state index in [1.54, 1.807) is 7.11 Å². The van der Waals surface area contributed by atoms with E-state index < -0.39 is 5.41 Å². The van der Waals surface area contributed by atoms with E-state index >= 15 is 0 Å². The highest BCUT2D eigenvalue weighted by atomic mass is 16.5. The quantitative estimate of drug-likeness (QED) is 0.231. The first-order chi connectivity index (χ1) is 16.9. The van der Waals surface area contributed by atoms with Crippen LogP contribution in [0.4, 0.5) is 0 Å². The number of aryl methyl sites for hydroxylation is 1. The van der Waals surface area contributed by atoms with E-state index in [2.05, 4.69) is 32.9 Å². The number of carbonyl (C=O) groups is 1. The second kappa shape index (κ2) is 10.2. The molecule has 184 valence electrons. The van der Waals surface area contributed by atoms with E-state index in [1.807, 2.05) is 35.8 Å². The molecule has 0 bridgehead atoms. The highest BCUT2D eigenvalue weighted by Gasteiger charge is 2.32. The average molecular weight is 475 g/mol. The number of esters is 1. The number of nitrogens with zero attached hydrogens (tertiary/aromatic N) is 2. The van der Waals surface area contributed by atoms with E-state index in [-0.39, 0.29) is 18.1 Å². The van der Waals surface area contributed by atoms with Crippen molar-refractivity contribution < 1.29 is 14.3 Å². The molecule has 0 radical (unpaired) electrons. The topological polar surface area (TPSA) is 70.4 Å². The molecule has 0 amide bonds. The molecule has 6 nitrogen and oxygen atoms in total. The molecule has 0 spiro atoms. The Kier molecular flexibility index (Phi) is 7.22. The summed E-state index contributed by atoms with van der Waals surface area (Å²) >= 11 is 0. The van der Waals surface area contributed by atoms with Gasteiger partial charge in [-0.25, -0.2) is 4.98 Å². The Balaban J connectivity index is 1.90. The van der Waals surface area contributed by atoms with Crippen molar-refractivity contribution in [2.45, 2.75) is 71.9 Å². The third-order valence-electron chi connectivity index (χ3n) is 7.15. The van der Waals surface area contributed by atoms with Gasteiger partial charge in [0.1, 0.15) is 0 Å². The van der Waals surface area contributed by atoms with Crippen molar-refractivity contribution in [2.24, 2.45) is 0 Å². The van der Waals surface area contributed by atoms with Crippen molar-refractivity contribution in [3.63, 3.8) is 0 Å². The summed E-state index contributed by atoms with van der Waals surface area (Å²) in [5, 5.41) is 1.14. The Bertz CT molecular complexity index is 1360. The van der Waals surface area contributed by atoms with E-state index in [4.69, 9.17) is 14.5 Å². The van der Waals surface area contributed by atoms with Gasteiger partial charge in [0.25, 0.3) is 5.56 Å². The maximum atomic E-state index is 13.8. The zero-order valence-electron chi connectivity index (χ0n) is 21.3. The first kappa shape index (κ1) is 24.9. The van der Waals surface area contributed by atoms with Crippen LogP contribution in [0.5, 0.6) is 0 Å². The Labute approximate surface area is 206 Å². The predicted octanol–water partition coefficient (Wildman–Crippen LogP) is 5.66. The molecule has 4 rings (SSSR count). The fourth-order valence-corrected chi connectivity index (χ4v) is 5.02. The number of benzene rings is 1. The molecule has 1 atom stereocenters. The summed E-state index contributed by atoms with van der Waals surface area (Å²) in [5.41, 5.74) is 5.92.